The third-order valence-electron chi connectivity index (χ3n) is 4.95. The number of carbonyl (C=O) groups excluding carboxylic acids is 3. The van der Waals surface area contributed by atoms with Crippen LogP contribution in [0.25, 0.3) is 0 Å². The van der Waals surface area contributed by atoms with Gasteiger partial charge in [-0.2, -0.15) is 4.31 Å². The fraction of sp³-hybridized carbons (Fsp3) is 0.526. The molecule has 1 heterocycles. The summed E-state index contributed by atoms with van der Waals surface area (Å²) in [7, 11) is -3.69. The molecule has 3 amide bonds. The maximum Gasteiger partial charge on any atom is 0.251 e. The number of likely N-dealkylation sites (N-methyl/N-ethyl adjacent to an activating group) is 1. The largest absolute Gasteiger partial charge is 0.343 e. The second-order valence-electron chi connectivity index (χ2n) is 6.68. The van der Waals surface area contributed by atoms with Crippen molar-refractivity contribution in [2.45, 2.75) is 25.7 Å². The van der Waals surface area contributed by atoms with Crippen LogP contribution in [0.2, 0.25) is 0 Å². The Balaban J connectivity index is 1.99. The molecule has 0 atom stereocenters. The molecule has 0 spiro atoms. The van der Waals surface area contributed by atoms with Gasteiger partial charge >= 0.3 is 0 Å². The van der Waals surface area contributed by atoms with Crippen molar-refractivity contribution in [2.24, 2.45) is 0 Å². The standard InChI is InChI=1S/C19H28N4O5S/c1-4-21(5-2)18(25)14-20-19(26)16-6-8-17(9-7-16)29(27,28)23-12-10-22(11-13-23)15(3)24/h6-9H,4-5,10-14H2,1-3H3,(H,20,26). The second kappa shape index (κ2) is 9.84. The fourth-order valence-electron chi connectivity index (χ4n) is 3.12. The van der Waals surface area contributed by atoms with Crippen molar-refractivity contribution >= 4 is 27.7 Å². The highest BCUT2D eigenvalue weighted by molar-refractivity contribution is 7.89. The van der Waals surface area contributed by atoms with Crippen LogP contribution in [0.5, 0.6) is 0 Å². The molecule has 2 rings (SSSR count). The van der Waals surface area contributed by atoms with Crippen LogP contribution in [-0.4, -0.2) is 86.1 Å². The minimum atomic E-state index is -3.69. The summed E-state index contributed by atoms with van der Waals surface area (Å²) in [6.07, 6.45) is 0. The van der Waals surface area contributed by atoms with Gasteiger partial charge < -0.3 is 15.1 Å². The van der Waals surface area contributed by atoms with E-state index in [1.54, 1.807) is 9.80 Å². The first-order valence-corrected chi connectivity index (χ1v) is 11.1. The molecule has 1 N–H and O–H groups in total. The van der Waals surface area contributed by atoms with Crippen LogP contribution in [0.4, 0.5) is 0 Å². The summed E-state index contributed by atoms with van der Waals surface area (Å²) in [6, 6.07) is 5.62. The van der Waals surface area contributed by atoms with Crippen LogP contribution in [0.1, 0.15) is 31.1 Å². The van der Waals surface area contributed by atoms with Gasteiger partial charge in [0.05, 0.1) is 11.4 Å². The molecule has 0 radical (unpaired) electrons. The van der Waals surface area contributed by atoms with Gasteiger partial charge in [0.25, 0.3) is 5.91 Å². The summed E-state index contributed by atoms with van der Waals surface area (Å²) in [6.45, 7) is 7.40. The average molecular weight is 425 g/mol. The molecule has 0 aromatic heterocycles. The summed E-state index contributed by atoms with van der Waals surface area (Å²) in [5.41, 5.74) is 0.276. The molecule has 1 aliphatic rings. The van der Waals surface area contributed by atoms with Crippen molar-refractivity contribution < 1.29 is 22.8 Å². The first kappa shape index (κ1) is 22.8. The van der Waals surface area contributed by atoms with E-state index in [1.165, 1.54) is 35.5 Å². The molecule has 10 heteroatoms. The molecular weight excluding hydrogens is 396 g/mol. The van der Waals surface area contributed by atoms with Crippen molar-refractivity contribution in [1.82, 2.24) is 19.4 Å². The predicted molar refractivity (Wildman–Crippen MR) is 108 cm³/mol. The van der Waals surface area contributed by atoms with Gasteiger partial charge in [0.1, 0.15) is 0 Å². The Bertz CT molecular complexity index is 842. The summed E-state index contributed by atoms with van der Waals surface area (Å²) in [5, 5.41) is 2.56. The Morgan fingerprint density at radius 3 is 2.03 bits per heavy atom. The van der Waals surface area contributed by atoms with E-state index in [4.69, 9.17) is 0 Å². The zero-order valence-electron chi connectivity index (χ0n) is 17.1. The number of nitrogens with zero attached hydrogens (tertiary/aromatic N) is 3. The maximum absolute atomic E-state index is 12.8. The number of nitrogens with one attached hydrogen (secondary N) is 1. The first-order valence-electron chi connectivity index (χ1n) is 9.62. The lowest BCUT2D eigenvalue weighted by molar-refractivity contribution is -0.130. The van der Waals surface area contributed by atoms with E-state index < -0.39 is 15.9 Å². The van der Waals surface area contributed by atoms with Crippen molar-refractivity contribution in [3.05, 3.63) is 29.8 Å². The summed E-state index contributed by atoms with van der Waals surface area (Å²) in [4.78, 5) is 38.9. The number of rotatable bonds is 7. The van der Waals surface area contributed by atoms with Crippen LogP contribution in [0.3, 0.4) is 0 Å². The monoisotopic (exact) mass is 424 g/mol. The zero-order valence-corrected chi connectivity index (χ0v) is 17.9. The zero-order chi connectivity index (χ0) is 21.6. The third-order valence-corrected chi connectivity index (χ3v) is 6.87. The average Bonchev–Trinajstić information content (AvgIpc) is 2.73. The number of benzene rings is 1. The Morgan fingerprint density at radius 2 is 1.55 bits per heavy atom. The van der Waals surface area contributed by atoms with Crippen molar-refractivity contribution in [3.8, 4) is 0 Å². The number of amides is 3. The minimum Gasteiger partial charge on any atom is -0.343 e. The highest BCUT2D eigenvalue weighted by Gasteiger charge is 2.29. The molecule has 160 valence electrons. The molecule has 1 saturated heterocycles. The molecule has 29 heavy (non-hydrogen) atoms. The van der Waals surface area contributed by atoms with Crippen molar-refractivity contribution in [3.63, 3.8) is 0 Å². The minimum absolute atomic E-state index is 0.0723. The number of hydrogen-bond acceptors (Lipinski definition) is 5. The normalized spacial score (nSPS) is 15.1. The SMILES string of the molecule is CCN(CC)C(=O)CNC(=O)c1ccc(S(=O)(=O)N2CCN(C(C)=O)CC2)cc1. The highest BCUT2D eigenvalue weighted by Crippen LogP contribution is 2.18. The van der Waals surface area contributed by atoms with Gasteiger partial charge in [-0.05, 0) is 38.1 Å². The van der Waals surface area contributed by atoms with Crippen molar-refractivity contribution in [1.29, 1.82) is 0 Å². The van der Waals surface area contributed by atoms with Crippen LogP contribution < -0.4 is 5.32 Å². The maximum atomic E-state index is 12.8. The quantitative estimate of drug-likeness (QED) is 0.670. The van der Waals surface area contributed by atoms with E-state index >= 15 is 0 Å². The lowest BCUT2D eigenvalue weighted by atomic mass is 10.2. The van der Waals surface area contributed by atoms with Gasteiger partial charge in [-0.3, -0.25) is 14.4 Å². The molecule has 1 fully saturated rings. The molecule has 0 bridgehead atoms. The third kappa shape index (κ3) is 5.54. The van der Waals surface area contributed by atoms with E-state index in [0.29, 0.717) is 26.2 Å². The van der Waals surface area contributed by atoms with E-state index in [1.807, 2.05) is 13.8 Å². The molecule has 0 aliphatic carbocycles. The van der Waals surface area contributed by atoms with Gasteiger partial charge in [0.2, 0.25) is 21.8 Å². The van der Waals surface area contributed by atoms with Crippen LogP contribution in [0.15, 0.2) is 29.2 Å². The van der Waals surface area contributed by atoms with Crippen LogP contribution >= 0.6 is 0 Å². The number of piperazine rings is 1. The molecule has 0 saturated carbocycles. The molecule has 9 nitrogen and oxygen atoms in total. The van der Waals surface area contributed by atoms with Crippen molar-refractivity contribution in [2.75, 3.05) is 45.8 Å². The Morgan fingerprint density at radius 1 is 1.00 bits per heavy atom. The second-order valence-corrected chi connectivity index (χ2v) is 8.62. The number of sulfonamides is 1. The lowest BCUT2D eigenvalue weighted by Gasteiger charge is -2.33. The molecule has 1 aliphatic heterocycles. The predicted octanol–water partition coefficient (Wildman–Crippen LogP) is 0.138. The van der Waals surface area contributed by atoms with Gasteiger partial charge in [0.15, 0.2) is 0 Å². The topological polar surface area (TPSA) is 107 Å². The summed E-state index contributed by atoms with van der Waals surface area (Å²) < 4.78 is 26.9. The Kier molecular flexibility index (Phi) is 7.74. The number of carbonyl (C=O) groups is 3. The van der Waals surface area contributed by atoms with Gasteiger partial charge in [-0.15, -0.1) is 0 Å². The van der Waals surface area contributed by atoms with E-state index in [9.17, 15) is 22.8 Å². The smallest absolute Gasteiger partial charge is 0.251 e. The van der Waals surface area contributed by atoms with Gasteiger partial charge in [-0.1, -0.05) is 0 Å². The van der Waals surface area contributed by atoms with Gasteiger partial charge in [0, 0.05) is 51.8 Å². The van der Waals surface area contributed by atoms with Gasteiger partial charge in [-0.25, -0.2) is 8.42 Å². The number of hydrogen-bond donors (Lipinski definition) is 1. The molecular formula is C19H28N4O5S. The first-order chi connectivity index (χ1) is 13.7. The van der Waals surface area contributed by atoms with Crippen LogP contribution in [0, 0.1) is 0 Å². The van der Waals surface area contributed by atoms with E-state index in [-0.39, 0.29) is 41.9 Å². The Hall–Kier alpha value is -2.46. The summed E-state index contributed by atoms with van der Waals surface area (Å²) >= 11 is 0. The Labute approximate surface area is 171 Å². The summed E-state index contributed by atoms with van der Waals surface area (Å²) in [5.74, 6) is -0.686. The lowest BCUT2D eigenvalue weighted by Crippen LogP contribution is -2.49. The van der Waals surface area contributed by atoms with Crippen LogP contribution in [-0.2, 0) is 19.6 Å². The molecule has 1 aromatic rings. The van der Waals surface area contributed by atoms with E-state index in [0.717, 1.165) is 0 Å². The molecule has 0 unspecified atom stereocenters. The highest BCUT2D eigenvalue weighted by atomic mass is 32.2. The molecule has 1 aromatic carbocycles. The fourth-order valence-corrected chi connectivity index (χ4v) is 4.54. The van der Waals surface area contributed by atoms with E-state index in [2.05, 4.69) is 5.32 Å².